The monoisotopic (exact) mass is 513 g/mol. The molecule has 0 aromatic heterocycles. The van der Waals surface area contributed by atoms with Crippen LogP contribution in [0, 0.1) is 17.8 Å². The first kappa shape index (κ1) is 27.6. The average molecular weight is 514 g/mol. The zero-order valence-corrected chi connectivity index (χ0v) is 21.5. The molecule has 1 unspecified atom stereocenters. The summed E-state index contributed by atoms with van der Waals surface area (Å²) in [6.07, 6.45) is 5.42. The molecule has 38 heavy (non-hydrogen) atoms. The number of rotatable bonds is 10. The number of ether oxygens (including phenoxy) is 2. The van der Waals surface area contributed by atoms with Gasteiger partial charge in [0.25, 0.3) is 11.8 Å². The van der Waals surface area contributed by atoms with Gasteiger partial charge in [0.05, 0.1) is 18.3 Å². The predicted octanol–water partition coefficient (Wildman–Crippen LogP) is 3.75. The predicted molar refractivity (Wildman–Crippen MR) is 147 cm³/mol. The van der Waals surface area contributed by atoms with Crippen LogP contribution in [-0.4, -0.2) is 30.4 Å². The Labute approximate surface area is 222 Å². The number of hydrazine groups is 1. The van der Waals surface area contributed by atoms with Crippen molar-refractivity contribution in [3.63, 3.8) is 0 Å². The number of amidine groups is 1. The van der Waals surface area contributed by atoms with Crippen LogP contribution in [0.1, 0.15) is 53.9 Å². The first-order chi connectivity index (χ1) is 18.2. The summed E-state index contributed by atoms with van der Waals surface area (Å²) < 4.78 is 11.6. The number of carbonyl (C=O) groups is 2. The minimum Gasteiger partial charge on any atom is -0.490 e. The van der Waals surface area contributed by atoms with Crippen molar-refractivity contribution in [3.05, 3.63) is 89.0 Å². The zero-order valence-electron chi connectivity index (χ0n) is 21.5. The molecule has 0 saturated heterocycles. The molecule has 3 aromatic carbocycles. The molecule has 1 atom stereocenters. The molecule has 9 nitrogen and oxygen atoms in total. The molecule has 0 aliphatic carbocycles. The van der Waals surface area contributed by atoms with E-state index in [1.54, 1.807) is 66.7 Å². The van der Waals surface area contributed by atoms with Crippen molar-refractivity contribution in [3.8, 4) is 23.8 Å². The molecule has 2 amide bonds. The number of nitrogens with one attached hydrogen (secondary N) is 4. The molecule has 0 bridgehead atoms. The number of hydrogen-bond acceptors (Lipinski definition) is 6. The fraction of sp³-hybridized carbons (Fsp3) is 0.207. The summed E-state index contributed by atoms with van der Waals surface area (Å²) in [6.45, 7) is 6.08. The maximum absolute atomic E-state index is 13.4. The lowest BCUT2D eigenvalue weighted by Crippen LogP contribution is -2.45. The SMILES string of the molecule is C#Cc1ccccc1C(=O)NNC(=O)C(Nc1ccc(C(=N)N)cc1)c1ccc(OC(C)C)c(OCC)c1. The van der Waals surface area contributed by atoms with E-state index in [-0.39, 0.29) is 17.5 Å². The molecular weight excluding hydrogens is 482 g/mol. The number of anilines is 1. The Kier molecular flexibility index (Phi) is 9.32. The van der Waals surface area contributed by atoms with Crippen LogP contribution < -0.4 is 31.4 Å². The summed E-state index contributed by atoms with van der Waals surface area (Å²) in [4.78, 5) is 26.1. The largest absolute Gasteiger partial charge is 0.490 e. The van der Waals surface area contributed by atoms with Gasteiger partial charge < -0.3 is 20.5 Å². The molecule has 0 radical (unpaired) electrons. The second-order valence-electron chi connectivity index (χ2n) is 8.51. The Morgan fingerprint density at radius 1 is 1.03 bits per heavy atom. The van der Waals surface area contributed by atoms with Crippen LogP contribution in [0.15, 0.2) is 66.7 Å². The Morgan fingerprint density at radius 2 is 1.74 bits per heavy atom. The van der Waals surface area contributed by atoms with E-state index < -0.39 is 17.9 Å². The standard InChI is InChI=1S/C29H31N5O4/c1-5-19-9-7-8-10-23(19)28(35)33-34-29(36)26(32-22-14-11-20(12-15-22)27(30)31)21-13-16-24(38-18(3)4)25(17-21)37-6-2/h1,7-18,26,32H,6H2,2-4H3,(H3,30,31)(H,33,35)(H,34,36). The summed E-state index contributed by atoms with van der Waals surface area (Å²) in [5.41, 5.74) is 12.8. The highest BCUT2D eigenvalue weighted by atomic mass is 16.5. The molecule has 3 aromatic rings. The average Bonchev–Trinajstić information content (AvgIpc) is 2.91. The molecule has 3 rings (SSSR count). The van der Waals surface area contributed by atoms with Crippen molar-refractivity contribution < 1.29 is 19.1 Å². The first-order valence-electron chi connectivity index (χ1n) is 12.0. The van der Waals surface area contributed by atoms with Crippen molar-refractivity contribution in [1.29, 1.82) is 5.41 Å². The van der Waals surface area contributed by atoms with E-state index in [4.69, 9.17) is 27.0 Å². The van der Waals surface area contributed by atoms with Crippen LogP contribution in [0.5, 0.6) is 11.5 Å². The van der Waals surface area contributed by atoms with Gasteiger partial charge in [-0.2, -0.15) is 0 Å². The lowest BCUT2D eigenvalue weighted by atomic mass is 10.0. The summed E-state index contributed by atoms with van der Waals surface area (Å²) in [7, 11) is 0. The maximum atomic E-state index is 13.4. The van der Waals surface area contributed by atoms with Gasteiger partial charge in [-0.15, -0.1) is 6.42 Å². The summed E-state index contributed by atoms with van der Waals surface area (Å²) in [6, 6.07) is 17.6. The van der Waals surface area contributed by atoms with Crippen LogP contribution in [0.4, 0.5) is 5.69 Å². The number of nitrogen functional groups attached to an aromatic ring is 1. The molecule has 0 heterocycles. The number of nitrogens with two attached hydrogens (primary N) is 1. The Hall–Kier alpha value is -4.97. The van der Waals surface area contributed by atoms with Crippen LogP contribution in [0.3, 0.4) is 0 Å². The highest BCUT2D eigenvalue weighted by Gasteiger charge is 2.24. The van der Waals surface area contributed by atoms with Crippen molar-refractivity contribution in [2.24, 2.45) is 5.73 Å². The smallest absolute Gasteiger partial charge is 0.270 e. The molecule has 0 saturated carbocycles. The molecule has 9 heteroatoms. The minimum atomic E-state index is -0.936. The van der Waals surface area contributed by atoms with E-state index in [1.807, 2.05) is 20.8 Å². The summed E-state index contributed by atoms with van der Waals surface area (Å²) in [5, 5.41) is 10.8. The van der Waals surface area contributed by atoms with E-state index in [0.29, 0.717) is 40.5 Å². The van der Waals surface area contributed by atoms with Gasteiger partial charge in [-0.25, -0.2) is 0 Å². The fourth-order valence-electron chi connectivity index (χ4n) is 3.60. The topological polar surface area (TPSA) is 139 Å². The first-order valence-corrected chi connectivity index (χ1v) is 12.0. The van der Waals surface area contributed by atoms with Crippen LogP contribution in [0.2, 0.25) is 0 Å². The number of amides is 2. The number of terminal acetylenes is 1. The number of carbonyl (C=O) groups excluding carboxylic acids is 2. The molecule has 196 valence electrons. The van der Waals surface area contributed by atoms with Gasteiger partial charge >= 0.3 is 0 Å². The van der Waals surface area contributed by atoms with E-state index in [9.17, 15) is 9.59 Å². The number of benzene rings is 3. The number of hydrogen-bond donors (Lipinski definition) is 5. The lowest BCUT2D eigenvalue weighted by Gasteiger charge is -2.22. The van der Waals surface area contributed by atoms with Gasteiger partial charge in [-0.05, 0) is 74.9 Å². The van der Waals surface area contributed by atoms with E-state index in [0.717, 1.165) is 0 Å². The van der Waals surface area contributed by atoms with Gasteiger partial charge in [0.15, 0.2) is 11.5 Å². The Balaban J connectivity index is 1.90. The third-order valence-electron chi connectivity index (χ3n) is 5.36. The summed E-state index contributed by atoms with van der Waals surface area (Å²) in [5.74, 6) is 2.34. The third kappa shape index (κ3) is 7.04. The fourth-order valence-corrected chi connectivity index (χ4v) is 3.60. The van der Waals surface area contributed by atoms with Crippen LogP contribution in [0.25, 0.3) is 0 Å². The van der Waals surface area contributed by atoms with Crippen LogP contribution in [-0.2, 0) is 4.79 Å². The van der Waals surface area contributed by atoms with Crippen molar-refractivity contribution in [2.45, 2.75) is 32.9 Å². The minimum absolute atomic E-state index is 0.0668. The molecule has 0 aliphatic rings. The molecule has 6 N–H and O–H groups in total. The second-order valence-corrected chi connectivity index (χ2v) is 8.51. The van der Waals surface area contributed by atoms with Gasteiger partial charge in [0.2, 0.25) is 0 Å². The van der Waals surface area contributed by atoms with E-state index in [2.05, 4.69) is 22.1 Å². The van der Waals surface area contributed by atoms with E-state index >= 15 is 0 Å². The van der Waals surface area contributed by atoms with Gasteiger partial charge in [0.1, 0.15) is 11.9 Å². The molecular formula is C29H31N5O4. The Bertz CT molecular complexity index is 1350. The van der Waals surface area contributed by atoms with Gasteiger partial charge in [0, 0.05) is 16.8 Å². The third-order valence-corrected chi connectivity index (χ3v) is 5.36. The maximum Gasteiger partial charge on any atom is 0.270 e. The highest BCUT2D eigenvalue weighted by Crippen LogP contribution is 2.33. The second kappa shape index (κ2) is 12.8. The van der Waals surface area contributed by atoms with E-state index in [1.165, 1.54) is 0 Å². The lowest BCUT2D eigenvalue weighted by molar-refractivity contribution is -0.122. The quantitative estimate of drug-likeness (QED) is 0.121. The van der Waals surface area contributed by atoms with Gasteiger partial charge in [-0.1, -0.05) is 24.1 Å². The zero-order chi connectivity index (χ0) is 27.7. The molecule has 0 fully saturated rings. The molecule has 0 spiro atoms. The molecule has 0 aliphatic heterocycles. The van der Waals surface area contributed by atoms with Crippen molar-refractivity contribution in [2.75, 3.05) is 11.9 Å². The van der Waals surface area contributed by atoms with Crippen molar-refractivity contribution in [1.82, 2.24) is 10.9 Å². The highest BCUT2D eigenvalue weighted by molar-refractivity contribution is 5.98. The normalized spacial score (nSPS) is 11.1. The van der Waals surface area contributed by atoms with Crippen molar-refractivity contribution >= 4 is 23.3 Å². The summed E-state index contributed by atoms with van der Waals surface area (Å²) >= 11 is 0. The van der Waals surface area contributed by atoms with Gasteiger partial charge in [-0.3, -0.25) is 25.8 Å². The van der Waals surface area contributed by atoms with Crippen LogP contribution >= 0.6 is 0 Å². The Morgan fingerprint density at radius 3 is 2.37 bits per heavy atom.